The lowest BCUT2D eigenvalue weighted by molar-refractivity contribution is -0.134. The van der Waals surface area contributed by atoms with Crippen molar-refractivity contribution in [2.45, 2.75) is 25.7 Å². The van der Waals surface area contributed by atoms with Crippen molar-refractivity contribution in [1.29, 1.82) is 0 Å². The van der Waals surface area contributed by atoms with E-state index < -0.39 is 12.7 Å². The number of carbonyl (C=O) groups is 1. The number of ether oxygens (including phenoxy) is 2. The number of nitrogens with one attached hydrogen (secondary N) is 2. The van der Waals surface area contributed by atoms with Crippen LogP contribution in [0, 0.1) is 0 Å². The smallest absolute Gasteiger partial charge is 0.387 e. The highest BCUT2D eigenvalue weighted by Crippen LogP contribution is 2.19. The monoisotopic (exact) mass is 300 g/mol. The van der Waals surface area contributed by atoms with Crippen LogP contribution in [-0.2, 0) is 9.53 Å². The topological polar surface area (TPSA) is 59.6 Å². The number of morpholine rings is 1. The fraction of sp³-hybridized carbons (Fsp3) is 0.500. The summed E-state index contributed by atoms with van der Waals surface area (Å²) in [6.45, 7) is 0.706. The standard InChI is InChI=1S/C14H18F2N2O3/c1-9(18-13(19)12-8-17-6-7-20-12)10-2-4-11(5-3-10)21-14(15)16/h2-5,9,12,14,17H,6-8H2,1H3,(H,18,19). The van der Waals surface area contributed by atoms with Crippen molar-refractivity contribution in [3.05, 3.63) is 29.8 Å². The number of amides is 1. The summed E-state index contributed by atoms with van der Waals surface area (Å²) in [7, 11) is 0. The molecule has 1 heterocycles. The van der Waals surface area contributed by atoms with Gasteiger partial charge in [0.1, 0.15) is 11.9 Å². The molecule has 2 rings (SSSR count). The summed E-state index contributed by atoms with van der Waals surface area (Å²) in [6.07, 6.45) is -0.498. The Bertz CT molecular complexity index is 462. The van der Waals surface area contributed by atoms with E-state index >= 15 is 0 Å². The quantitative estimate of drug-likeness (QED) is 0.864. The maximum atomic E-state index is 12.1. The molecule has 0 radical (unpaired) electrons. The van der Waals surface area contributed by atoms with Gasteiger partial charge in [0.2, 0.25) is 0 Å². The Morgan fingerprint density at radius 1 is 1.43 bits per heavy atom. The molecule has 1 amide bonds. The molecule has 1 aliphatic rings. The molecule has 0 aliphatic carbocycles. The number of hydrogen-bond donors (Lipinski definition) is 2. The number of rotatable bonds is 5. The van der Waals surface area contributed by atoms with Crippen molar-refractivity contribution in [3.8, 4) is 5.75 Å². The first kappa shape index (κ1) is 15.7. The van der Waals surface area contributed by atoms with Crippen LogP contribution < -0.4 is 15.4 Å². The van der Waals surface area contributed by atoms with Gasteiger partial charge in [0, 0.05) is 13.1 Å². The maximum absolute atomic E-state index is 12.1. The largest absolute Gasteiger partial charge is 0.435 e. The van der Waals surface area contributed by atoms with E-state index in [0.29, 0.717) is 13.2 Å². The van der Waals surface area contributed by atoms with Crippen molar-refractivity contribution in [3.63, 3.8) is 0 Å². The van der Waals surface area contributed by atoms with Gasteiger partial charge in [-0.05, 0) is 24.6 Å². The van der Waals surface area contributed by atoms with Crippen molar-refractivity contribution in [1.82, 2.24) is 10.6 Å². The first-order valence-electron chi connectivity index (χ1n) is 6.73. The van der Waals surface area contributed by atoms with Gasteiger partial charge in [-0.3, -0.25) is 4.79 Å². The predicted molar refractivity (Wildman–Crippen MR) is 72.2 cm³/mol. The predicted octanol–water partition coefficient (Wildman–Crippen LogP) is 1.45. The first-order valence-corrected chi connectivity index (χ1v) is 6.73. The van der Waals surface area contributed by atoms with Crippen molar-refractivity contribution < 1.29 is 23.0 Å². The zero-order valence-corrected chi connectivity index (χ0v) is 11.6. The van der Waals surface area contributed by atoms with Gasteiger partial charge in [0.25, 0.3) is 5.91 Å². The van der Waals surface area contributed by atoms with E-state index in [2.05, 4.69) is 15.4 Å². The number of halogens is 2. The van der Waals surface area contributed by atoms with E-state index in [0.717, 1.165) is 12.1 Å². The molecule has 0 spiro atoms. The van der Waals surface area contributed by atoms with Gasteiger partial charge in [0.15, 0.2) is 0 Å². The van der Waals surface area contributed by atoms with Gasteiger partial charge in [-0.1, -0.05) is 12.1 Å². The number of alkyl halides is 2. The second-order valence-corrected chi connectivity index (χ2v) is 4.74. The minimum absolute atomic E-state index is 0.0899. The summed E-state index contributed by atoms with van der Waals surface area (Å²) in [6, 6.07) is 5.93. The lowest BCUT2D eigenvalue weighted by atomic mass is 10.1. The third kappa shape index (κ3) is 4.64. The minimum Gasteiger partial charge on any atom is -0.435 e. The molecule has 21 heavy (non-hydrogen) atoms. The highest BCUT2D eigenvalue weighted by Gasteiger charge is 2.23. The van der Waals surface area contributed by atoms with Gasteiger partial charge in [0.05, 0.1) is 12.6 Å². The van der Waals surface area contributed by atoms with Crippen LogP contribution in [0.4, 0.5) is 8.78 Å². The van der Waals surface area contributed by atoms with Crippen LogP contribution in [0.25, 0.3) is 0 Å². The van der Waals surface area contributed by atoms with Crippen LogP contribution in [0.1, 0.15) is 18.5 Å². The van der Waals surface area contributed by atoms with Crippen LogP contribution in [0.3, 0.4) is 0 Å². The summed E-state index contributed by atoms with van der Waals surface area (Å²) >= 11 is 0. The normalized spacial score (nSPS) is 20.1. The summed E-state index contributed by atoms with van der Waals surface area (Å²) in [4.78, 5) is 12.0. The second kappa shape index (κ2) is 7.33. The van der Waals surface area contributed by atoms with E-state index in [1.54, 1.807) is 12.1 Å². The molecule has 116 valence electrons. The Hall–Kier alpha value is -1.73. The van der Waals surface area contributed by atoms with Gasteiger partial charge in [-0.25, -0.2) is 0 Å². The van der Waals surface area contributed by atoms with Crippen molar-refractivity contribution >= 4 is 5.91 Å². The Morgan fingerprint density at radius 2 is 2.14 bits per heavy atom. The highest BCUT2D eigenvalue weighted by molar-refractivity contribution is 5.81. The third-order valence-corrected chi connectivity index (χ3v) is 3.18. The molecule has 1 fully saturated rings. The summed E-state index contributed by atoms with van der Waals surface area (Å²) in [5.74, 6) is -0.102. The molecule has 1 saturated heterocycles. The third-order valence-electron chi connectivity index (χ3n) is 3.18. The Kier molecular flexibility index (Phi) is 5.46. The lowest BCUT2D eigenvalue weighted by Gasteiger charge is -2.24. The summed E-state index contributed by atoms with van der Waals surface area (Å²) in [5, 5.41) is 5.91. The molecule has 1 aromatic rings. The lowest BCUT2D eigenvalue weighted by Crippen LogP contribution is -2.48. The van der Waals surface area contributed by atoms with Crippen molar-refractivity contribution in [2.24, 2.45) is 0 Å². The fourth-order valence-corrected chi connectivity index (χ4v) is 2.06. The van der Waals surface area contributed by atoms with Gasteiger partial charge in [-0.15, -0.1) is 0 Å². The van der Waals surface area contributed by atoms with E-state index in [9.17, 15) is 13.6 Å². The van der Waals surface area contributed by atoms with E-state index in [1.165, 1.54) is 12.1 Å². The van der Waals surface area contributed by atoms with Crippen molar-refractivity contribution in [2.75, 3.05) is 19.7 Å². The number of hydrogen-bond acceptors (Lipinski definition) is 4. The van der Waals surface area contributed by atoms with E-state index in [1.807, 2.05) is 6.92 Å². The van der Waals surface area contributed by atoms with Gasteiger partial charge >= 0.3 is 6.61 Å². The molecular weight excluding hydrogens is 282 g/mol. The van der Waals surface area contributed by atoms with Gasteiger partial charge < -0.3 is 20.1 Å². The Labute approximate surface area is 121 Å². The number of carbonyl (C=O) groups excluding carboxylic acids is 1. The zero-order chi connectivity index (χ0) is 15.2. The van der Waals surface area contributed by atoms with Crippen LogP contribution >= 0.6 is 0 Å². The molecule has 2 atom stereocenters. The average molecular weight is 300 g/mol. The molecule has 0 saturated carbocycles. The molecule has 7 heteroatoms. The molecule has 1 aliphatic heterocycles. The molecule has 5 nitrogen and oxygen atoms in total. The van der Waals surface area contributed by atoms with E-state index in [-0.39, 0.29) is 17.7 Å². The maximum Gasteiger partial charge on any atom is 0.387 e. The van der Waals surface area contributed by atoms with Crippen LogP contribution in [-0.4, -0.2) is 38.3 Å². The van der Waals surface area contributed by atoms with Crippen LogP contribution in [0.2, 0.25) is 0 Å². The summed E-state index contributed by atoms with van der Waals surface area (Å²) in [5.41, 5.74) is 0.800. The fourth-order valence-electron chi connectivity index (χ4n) is 2.06. The number of benzene rings is 1. The molecular formula is C14H18F2N2O3. The van der Waals surface area contributed by atoms with Crippen LogP contribution in [0.15, 0.2) is 24.3 Å². The summed E-state index contributed by atoms with van der Waals surface area (Å²) < 4.78 is 33.8. The zero-order valence-electron chi connectivity index (χ0n) is 11.6. The van der Waals surface area contributed by atoms with Gasteiger partial charge in [-0.2, -0.15) is 8.78 Å². The second-order valence-electron chi connectivity index (χ2n) is 4.74. The molecule has 1 aromatic carbocycles. The Morgan fingerprint density at radius 3 is 2.71 bits per heavy atom. The first-order chi connectivity index (χ1) is 10.1. The average Bonchev–Trinajstić information content (AvgIpc) is 2.48. The Balaban J connectivity index is 1.90. The molecule has 0 aromatic heterocycles. The highest BCUT2D eigenvalue weighted by atomic mass is 19.3. The minimum atomic E-state index is -2.84. The SMILES string of the molecule is CC(NC(=O)C1CNCCO1)c1ccc(OC(F)F)cc1. The molecule has 2 N–H and O–H groups in total. The molecule has 0 bridgehead atoms. The molecule has 2 unspecified atom stereocenters. The van der Waals surface area contributed by atoms with Crippen LogP contribution in [0.5, 0.6) is 5.75 Å². The van der Waals surface area contributed by atoms with E-state index in [4.69, 9.17) is 4.74 Å².